The zero-order chi connectivity index (χ0) is 54.9. The van der Waals surface area contributed by atoms with Gasteiger partial charge < -0.3 is 103 Å². The van der Waals surface area contributed by atoms with Gasteiger partial charge >= 0.3 is 5.97 Å². The number of rotatable bonds is 16. The van der Waals surface area contributed by atoms with Gasteiger partial charge in [0.05, 0.1) is 60.4 Å². The number of carbonyl (C=O) groups is 1. The molecule has 22 heteroatoms. The van der Waals surface area contributed by atoms with Gasteiger partial charge in [0, 0.05) is 40.6 Å². The molecule has 8 fully saturated rings. The second-order valence-corrected chi connectivity index (χ2v) is 24.2. The number of ether oxygens (including phenoxy) is 12. The van der Waals surface area contributed by atoms with Crippen molar-refractivity contribution in [3.05, 3.63) is 0 Å². The van der Waals surface area contributed by atoms with Crippen molar-refractivity contribution in [1.29, 1.82) is 0 Å². The van der Waals surface area contributed by atoms with Gasteiger partial charge in [0.25, 0.3) is 0 Å². The first-order chi connectivity index (χ1) is 35.2. The molecule has 75 heavy (non-hydrogen) atoms. The second kappa shape index (κ2) is 22.9. The Morgan fingerprint density at radius 1 is 0.640 bits per heavy atom. The molecular weight excluding hydrogens is 989 g/mol. The van der Waals surface area contributed by atoms with Crippen LogP contribution in [0.3, 0.4) is 0 Å². The van der Waals surface area contributed by atoms with Gasteiger partial charge in [-0.25, -0.2) is 0 Å². The Morgan fingerprint density at radius 3 is 1.81 bits per heavy atom. The summed E-state index contributed by atoms with van der Waals surface area (Å²) in [4.78, 5) is 13.4. The summed E-state index contributed by atoms with van der Waals surface area (Å²) >= 11 is 0. The van der Waals surface area contributed by atoms with E-state index >= 15 is 0 Å². The third-order valence-corrected chi connectivity index (χ3v) is 19.7. The molecule has 8 aliphatic rings. The predicted molar refractivity (Wildman–Crippen MR) is 260 cm³/mol. The van der Waals surface area contributed by atoms with E-state index in [1.807, 2.05) is 20.8 Å². The molecule has 4 aliphatic carbocycles. The normalized spacial score (nSPS) is 52.7. The average Bonchev–Trinajstić information content (AvgIpc) is 3.59. The molecule has 28 atom stereocenters. The van der Waals surface area contributed by atoms with E-state index in [1.54, 1.807) is 27.9 Å². The number of carbonyl (C=O) groups excluding carboxylic acids is 1. The second-order valence-electron chi connectivity index (χ2n) is 24.2. The van der Waals surface area contributed by atoms with Crippen LogP contribution in [-0.4, -0.2) is 226 Å². The molecule has 8 rings (SSSR count). The Kier molecular flexibility index (Phi) is 18.3. The first-order valence-corrected chi connectivity index (χ1v) is 27.4. The third kappa shape index (κ3) is 10.4. The Labute approximate surface area is 440 Å². The summed E-state index contributed by atoms with van der Waals surface area (Å²) in [5, 5.41) is 101. The van der Waals surface area contributed by atoms with Crippen LogP contribution < -0.4 is 0 Å². The Morgan fingerprint density at radius 2 is 1.23 bits per heavy atom. The Hall–Kier alpha value is -1.33. The molecule has 4 saturated carbocycles. The van der Waals surface area contributed by atoms with Crippen LogP contribution in [0.2, 0.25) is 0 Å². The largest absolute Gasteiger partial charge is 0.462 e. The van der Waals surface area contributed by atoms with E-state index in [2.05, 4.69) is 6.92 Å². The Bertz CT molecular complexity index is 1920. The summed E-state index contributed by atoms with van der Waals surface area (Å²) in [6, 6.07) is 0. The van der Waals surface area contributed by atoms with Gasteiger partial charge in [-0.2, -0.15) is 0 Å². The minimum Gasteiger partial charge on any atom is -0.462 e. The average molecular weight is 1080 g/mol. The molecule has 0 aromatic carbocycles. The van der Waals surface area contributed by atoms with Gasteiger partial charge in [-0.15, -0.1) is 0 Å². The summed E-state index contributed by atoms with van der Waals surface area (Å²) in [7, 11) is 4.52. The van der Waals surface area contributed by atoms with Gasteiger partial charge in [-0.05, 0) is 102 Å². The summed E-state index contributed by atoms with van der Waals surface area (Å²) < 4.78 is 74.2. The maximum absolute atomic E-state index is 13.4. The third-order valence-electron chi connectivity index (χ3n) is 19.7. The van der Waals surface area contributed by atoms with Crippen molar-refractivity contribution in [2.45, 2.75) is 272 Å². The van der Waals surface area contributed by atoms with Gasteiger partial charge in [0.2, 0.25) is 0 Å². The first-order valence-electron chi connectivity index (χ1n) is 27.4. The van der Waals surface area contributed by atoms with E-state index in [9.17, 15) is 50.8 Å². The number of aliphatic hydroxyl groups is 9. The van der Waals surface area contributed by atoms with E-state index in [0.29, 0.717) is 32.1 Å². The molecule has 0 aromatic heterocycles. The van der Waals surface area contributed by atoms with Crippen LogP contribution in [0.5, 0.6) is 0 Å². The highest BCUT2D eigenvalue weighted by Gasteiger charge is 2.81. The van der Waals surface area contributed by atoms with Gasteiger partial charge in [-0.3, -0.25) is 4.79 Å². The Balaban J connectivity index is 0.869. The molecule has 0 radical (unpaired) electrons. The van der Waals surface area contributed by atoms with Crippen molar-refractivity contribution in [2.75, 3.05) is 27.9 Å². The van der Waals surface area contributed by atoms with E-state index in [-0.39, 0.29) is 56.5 Å². The highest BCUT2D eigenvalue weighted by Crippen LogP contribution is 2.72. The fourth-order valence-electron chi connectivity index (χ4n) is 15.2. The minimum atomic E-state index is -1.84. The molecule has 0 bridgehead atoms. The molecule has 4 aliphatic heterocycles. The molecule has 4 heterocycles. The molecule has 9 N–H and O–H groups in total. The van der Waals surface area contributed by atoms with Crippen LogP contribution in [-0.2, 0) is 61.6 Å². The lowest BCUT2D eigenvalue weighted by Crippen LogP contribution is -2.79. The fraction of sp³-hybridized carbons (Fsp3) is 0.981. The lowest BCUT2D eigenvalue weighted by atomic mass is 9.40. The van der Waals surface area contributed by atoms with Crippen LogP contribution in [0.25, 0.3) is 0 Å². The topological polar surface area (TPSA) is 310 Å². The fourth-order valence-corrected chi connectivity index (χ4v) is 15.2. The zero-order valence-corrected chi connectivity index (χ0v) is 45.7. The number of hydrogen-bond donors (Lipinski definition) is 9. The summed E-state index contributed by atoms with van der Waals surface area (Å²) in [5.41, 5.74) is -7.26. The number of hydrogen-bond acceptors (Lipinski definition) is 22. The van der Waals surface area contributed by atoms with Crippen molar-refractivity contribution in [3.63, 3.8) is 0 Å². The van der Waals surface area contributed by atoms with E-state index in [0.717, 1.165) is 0 Å². The number of aliphatic hydroxyl groups excluding tert-OH is 6. The molecule has 22 nitrogen and oxygen atoms in total. The van der Waals surface area contributed by atoms with Crippen LogP contribution in [0.4, 0.5) is 0 Å². The monoisotopic (exact) mass is 1080 g/mol. The van der Waals surface area contributed by atoms with Crippen molar-refractivity contribution in [2.24, 2.45) is 28.6 Å². The number of fused-ring (bicyclic) bond motifs is 5. The predicted octanol–water partition coefficient (Wildman–Crippen LogP) is 0.700. The zero-order valence-electron chi connectivity index (χ0n) is 45.7. The summed E-state index contributed by atoms with van der Waals surface area (Å²) in [5.74, 6) is -0.790. The van der Waals surface area contributed by atoms with E-state index in [4.69, 9.17) is 56.8 Å². The van der Waals surface area contributed by atoms with Crippen molar-refractivity contribution >= 4 is 5.97 Å². The number of methoxy groups -OCH3 is 3. The standard InChI is InChI=1S/C53H90O22/c1-24(2)18-36(56)72-35-22-34-49(7)14-13-30(19-29(49)12-15-52(34,62)53(63)17-16-51(61,28(6)55)50(35,53)8)70-37-20-31(64-9)43(25(3)67-37)73-38-21-32(65-10)44(26(4)68-38)74-48-42(60)46(66-11)45(27(5)69-48)75-47-41(59)40(58)39(57)33(23-54)71-47/h24-35,37-48,54-55,57-63H,12-23H2,1-11H3. The van der Waals surface area contributed by atoms with E-state index < -0.39 is 169 Å². The van der Waals surface area contributed by atoms with Crippen LogP contribution in [0.1, 0.15) is 126 Å². The molecule has 4 saturated heterocycles. The molecular formula is C53H90O22. The van der Waals surface area contributed by atoms with Gasteiger partial charge in [0.1, 0.15) is 72.2 Å². The van der Waals surface area contributed by atoms with E-state index in [1.165, 1.54) is 21.1 Å². The van der Waals surface area contributed by atoms with Gasteiger partial charge in [0.15, 0.2) is 25.2 Å². The summed E-state index contributed by atoms with van der Waals surface area (Å²) in [6.07, 6.45) is -16.5. The maximum Gasteiger partial charge on any atom is 0.306 e. The van der Waals surface area contributed by atoms with Gasteiger partial charge in [-0.1, -0.05) is 27.7 Å². The van der Waals surface area contributed by atoms with Crippen molar-refractivity contribution in [3.8, 4) is 0 Å². The lowest BCUT2D eigenvalue weighted by molar-refractivity contribution is -0.373. The summed E-state index contributed by atoms with van der Waals surface area (Å²) in [6.45, 7) is 13.9. The van der Waals surface area contributed by atoms with Crippen LogP contribution in [0.15, 0.2) is 0 Å². The highest BCUT2D eigenvalue weighted by molar-refractivity contribution is 5.70. The quantitative estimate of drug-likeness (QED) is 0.0759. The molecule has 28 unspecified atom stereocenters. The molecule has 0 spiro atoms. The number of esters is 1. The van der Waals surface area contributed by atoms with Crippen molar-refractivity contribution in [1.82, 2.24) is 0 Å². The van der Waals surface area contributed by atoms with Crippen LogP contribution in [0, 0.1) is 28.6 Å². The molecule has 0 amide bonds. The maximum atomic E-state index is 13.4. The lowest BCUT2D eigenvalue weighted by Gasteiger charge is -2.69. The van der Waals surface area contributed by atoms with Crippen molar-refractivity contribution < 1.29 is 108 Å². The minimum absolute atomic E-state index is 0.0222. The highest BCUT2D eigenvalue weighted by atomic mass is 16.8. The van der Waals surface area contributed by atoms with Crippen LogP contribution >= 0.6 is 0 Å². The SMILES string of the molecule is COC1CC(OC2CCC3(C)C(CCC4(O)C3CC(OC(=O)CC(C)C)C3(C)C(O)(C(C)O)CCC43O)C2)OC(C)C1OC1CC(OC)C(OC2OC(C)C(OC3OC(CO)C(O)C(O)C3O)C(OC)C2O)C(C)O1. The first kappa shape index (κ1) is 59.8. The molecule has 0 aromatic rings. The smallest absolute Gasteiger partial charge is 0.306 e. The molecule has 434 valence electrons.